The molecule has 27 heavy (non-hydrogen) atoms. The number of amides is 1. The largest absolute Gasteiger partial charge is 0.300 e. The van der Waals surface area contributed by atoms with Crippen molar-refractivity contribution in [2.24, 2.45) is 0 Å². The number of carbonyl (C=O) groups is 1. The van der Waals surface area contributed by atoms with Crippen LogP contribution in [0.15, 0.2) is 42.1 Å². The molecule has 0 aliphatic rings. The van der Waals surface area contributed by atoms with Crippen LogP contribution in [0.2, 0.25) is 0 Å². The molecule has 1 atom stereocenters. The number of nitrogens with zero attached hydrogens (tertiary/aromatic N) is 5. The highest BCUT2D eigenvalue weighted by atomic mass is 32.2. The maximum atomic E-state index is 14.2. The Morgan fingerprint density at radius 2 is 2.15 bits per heavy atom. The fourth-order valence-corrected chi connectivity index (χ4v) is 3.73. The van der Waals surface area contributed by atoms with Gasteiger partial charge in [-0.1, -0.05) is 41.3 Å². The Hall–Kier alpha value is -2.59. The highest BCUT2D eigenvalue weighted by Crippen LogP contribution is 2.28. The van der Waals surface area contributed by atoms with Gasteiger partial charge >= 0.3 is 0 Å². The number of anilines is 1. The number of nitrogens with one attached hydrogen (secondary N) is 1. The van der Waals surface area contributed by atoms with Crippen LogP contribution in [0.4, 0.5) is 9.52 Å². The van der Waals surface area contributed by atoms with Gasteiger partial charge in [0, 0.05) is 6.54 Å². The number of halogens is 1. The van der Waals surface area contributed by atoms with Gasteiger partial charge in [0.1, 0.15) is 10.8 Å². The molecule has 1 N–H and O–H groups in total. The summed E-state index contributed by atoms with van der Waals surface area (Å²) in [6, 6.07) is 6.36. The predicted octanol–water partition coefficient (Wildman–Crippen LogP) is 3.55. The second-order valence-electron chi connectivity index (χ2n) is 5.56. The monoisotopic (exact) mass is 404 g/mol. The number of aromatic nitrogens is 5. The van der Waals surface area contributed by atoms with E-state index in [2.05, 4.69) is 32.3 Å². The maximum Gasteiger partial charge on any atom is 0.239 e. The summed E-state index contributed by atoms with van der Waals surface area (Å²) in [5, 5.41) is 20.0. The van der Waals surface area contributed by atoms with Crippen LogP contribution >= 0.6 is 23.1 Å². The number of hydrogen-bond donors (Lipinski definition) is 1. The van der Waals surface area contributed by atoms with Gasteiger partial charge in [-0.2, -0.15) is 0 Å². The Kier molecular flexibility index (Phi) is 5.97. The van der Waals surface area contributed by atoms with Crippen LogP contribution in [0.1, 0.15) is 11.9 Å². The van der Waals surface area contributed by atoms with Crippen molar-refractivity contribution in [3.05, 3.63) is 47.7 Å². The third-order valence-corrected chi connectivity index (χ3v) is 5.39. The smallest absolute Gasteiger partial charge is 0.239 e. The molecule has 1 aromatic carbocycles. The van der Waals surface area contributed by atoms with Crippen molar-refractivity contribution in [1.82, 2.24) is 25.0 Å². The fraction of sp³-hybridized carbons (Fsp3) is 0.235. The Bertz CT molecular complexity index is 970. The van der Waals surface area contributed by atoms with E-state index in [4.69, 9.17) is 0 Å². The molecule has 3 aromatic rings. The number of allylic oxidation sites excluding steroid dienone is 1. The molecule has 0 spiro atoms. The van der Waals surface area contributed by atoms with E-state index in [9.17, 15) is 9.18 Å². The third kappa shape index (κ3) is 4.40. The van der Waals surface area contributed by atoms with E-state index >= 15 is 0 Å². The van der Waals surface area contributed by atoms with Gasteiger partial charge in [0.15, 0.2) is 11.0 Å². The minimum atomic E-state index is -0.463. The van der Waals surface area contributed by atoms with Crippen LogP contribution in [-0.2, 0) is 11.3 Å². The zero-order valence-electron chi connectivity index (χ0n) is 14.7. The molecular weight excluding hydrogens is 387 g/mol. The molecule has 0 aliphatic carbocycles. The summed E-state index contributed by atoms with van der Waals surface area (Å²) < 4.78 is 15.9. The summed E-state index contributed by atoms with van der Waals surface area (Å²) in [6.07, 6.45) is 1.67. The maximum absolute atomic E-state index is 14.2. The second-order valence-corrected chi connectivity index (χ2v) is 8.05. The number of aryl methyl sites for hydroxylation is 1. The first-order chi connectivity index (χ1) is 13.0. The van der Waals surface area contributed by atoms with Gasteiger partial charge in [0.25, 0.3) is 0 Å². The summed E-state index contributed by atoms with van der Waals surface area (Å²) in [6.45, 7) is 7.69. The van der Waals surface area contributed by atoms with E-state index in [-0.39, 0.29) is 11.7 Å². The standard InChI is InChI=1S/C17H17FN6OS2/c1-4-9-24-14(12-7-5-6-8-13(12)18)21-23-17(24)26-10(2)15(25)19-16-22-20-11(3)27-16/h4-8,10H,1,9H2,2-3H3,(H,19,22,25)/t10-/m1/s1. The summed E-state index contributed by atoms with van der Waals surface area (Å²) >= 11 is 2.53. The van der Waals surface area contributed by atoms with Gasteiger partial charge < -0.3 is 0 Å². The van der Waals surface area contributed by atoms with Crippen molar-refractivity contribution in [2.45, 2.75) is 30.8 Å². The number of hydrogen-bond acceptors (Lipinski definition) is 7. The lowest BCUT2D eigenvalue weighted by Crippen LogP contribution is -2.23. The average molecular weight is 404 g/mol. The number of thioether (sulfide) groups is 1. The fourth-order valence-electron chi connectivity index (χ4n) is 2.28. The molecule has 3 rings (SSSR count). The number of carbonyl (C=O) groups excluding carboxylic acids is 1. The zero-order chi connectivity index (χ0) is 19.4. The minimum absolute atomic E-state index is 0.225. The molecule has 7 nitrogen and oxygen atoms in total. The number of rotatable bonds is 7. The molecule has 2 heterocycles. The predicted molar refractivity (Wildman–Crippen MR) is 104 cm³/mol. The normalized spacial score (nSPS) is 12.0. The van der Waals surface area contributed by atoms with Crippen LogP contribution in [0.25, 0.3) is 11.4 Å². The van der Waals surface area contributed by atoms with E-state index in [1.165, 1.54) is 29.2 Å². The lowest BCUT2D eigenvalue weighted by atomic mass is 10.2. The molecule has 0 saturated carbocycles. The summed E-state index contributed by atoms with van der Waals surface area (Å²) in [5.41, 5.74) is 0.347. The molecular formula is C17H17FN6OS2. The lowest BCUT2D eigenvalue weighted by Gasteiger charge is -2.12. The molecule has 0 unspecified atom stereocenters. The van der Waals surface area contributed by atoms with Crippen LogP contribution in [-0.4, -0.2) is 36.1 Å². The van der Waals surface area contributed by atoms with Crippen molar-refractivity contribution in [2.75, 3.05) is 5.32 Å². The molecule has 140 valence electrons. The first-order valence-corrected chi connectivity index (χ1v) is 9.76. The minimum Gasteiger partial charge on any atom is -0.300 e. The summed E-state index contributed by atoms with van der Waals surface area (Å²) in [7, 11) is 0. The first-order valence-electron chi connectivity index (χ1n) is 8.06. The third-order valence-electron chi connectivity index (χ3n) is 3.55. The van der Waals surface area contributed by atoms with Crippen LogP contribution in [0.5, 0.6) is 0 Å². The topological polar surface area (TPSA) is 85.6 Å². The Morgan fingerprint density at radius 1 is 1.37 bits per heavy atom. The summed E-state index contributed by atoms with van der Waals surface area (Å²) in [5.74, 6) is -0.219. The van der Waals surface area contributed by atoms with E-state index in [0.717, 1.165) is 5.01 Å². The molecule has 0 saturated heterocycles. The van der Waals surface area contributed by atoms with Crippen molar-refractivity contribution >= 4 is 34.1 Å². The van der Waals surface area contributed by atoms with Crippen molar-refractivity contribution in [1.29, 1.82) is 0 Å². The molecule has 0 bridgehead atoms. The van der Waals surface area contributed by atoms with Gasteiger partial charge in [-0.25, -0.2) is 4.39 Å². The highest BCUT2D eigenvalue weighted by molar-refractivity contribution is 8.00. The highest BCUT2D eigenvalue weighted by Gasteiger charge is 2.22. The molecule has 0 fully saturated rings. The van der Waals surface area contributed by atoms with Crippen LogP contribution in [0.3, 0.4) is 0 Å². The van der Waals surface area contributed by atoms with Crippen molar-refractivity contribution in [3.8, 4) is 11.4 Å². The van der Waals surface area contributed by atoms with E-state index in [0.29, 0.717) is 28.2 Å². The van der Waals surface area contributed by atoms with Gasteiger partial charge in [0.05, 0.1) is 10.8 Å². The molecule has 0 radical (unpaired) electrons. The van der Waals surface area contributed by atoms with Crippen molar-refractivity contribution < 1.29 is 9.18 Å². The van der Waals surface area contributed by atoms with Gasteiger partial charge in [-0.15, -0.1) is 27.0 Å². The molecule has 2 aromatic heterocycles. The Balaban J connectivity index is 1.81. The van der Waals surface area contributed by atoms with E-state index in [1.54, 1.807) is 35.8 Å². The quantitative estimate of drug-likeness (QED) is 0.479. The van der Waals surface area contributed by atoms with Gasteiger partial charge in [-0.3, -0.25) is 14.7 Å². The SMILES string of the molecule is C=CCn1c(S[C@H](C)C(=O)Nc2nnc(C)s2)nnc1-c1ccccc1F. The first kappa shape index (κ1) is 19.2. The van der Waals surface area contributed by atoms with E-state index in [1.807, 2.05) is 6.92 Å². The van der Waals surface area contributed by atoms with Gasteiger partial charge in [0.2, 0.25) is 11.0 Å². The van der Waals surface area contributed by atoms with E-state index < -0.39 is 5.25 Å². The Labute approximate surface area is 163 Å². The van der Waals surface area contributed by atoms with Crippen molar-refractivity contribution in [3.63, 3.8) is 0 Å². The zero-order valence-corrected chi connectivity index (χ0v) is 16.4. The molecule has 0 aliphatic heterocycles. The number of benzene rings is 1. The lowest BCUT2D eigenvalue weighted by molar-refractivity contribution is -0.115. The van der Waals surface area contributed by atoms with Crippen LogP contribution in [0, 0.1) is 12.7 Å². The summed E-state index contributed by atoms with van der Waals surface area (Å²) in [4.78, 5) is 12.4. The average Bonchev–Trinajstić information content (AvgIpc) is 3.22. The van der Waals surface area contributed by atoms with Gasteiger partial charge in [-0.05, 0) is 26.0 Å². The molecule has 1 amide bonds. The van der Waals surface area contributed by atoms with Crippen LogP contribution < -0.4 is 5.32 Å². The second kappa shape index (κ2) is 8.40. The molecule has 10 heteroatoms. The Morgan fingerprint density at radius 3 is 2.81 bits per heavy atom.